The third-order valence-electron chi connectivity index (χ3n) is 5.73. The van der Waals surface area contributed by atoms with Crippen LogP contribution >= 0.6 is 0 Å². The van der Waals surface area contributed by atoms with Gasteiger partial charge in [0.15, 0.2) is 5.78 Å². The molecule has 2 rings (SSSR count). The van der Waals surface area contributed by atoms with Gasteiger partial charge in [-0.15, -0.1) is 0 Å². The lowest BCUT2D eigenvalue weighted by Gasteiger charge is -2.37. The summed E-state index contributed by atoms with van der Waals surface area (Å²) in [6.07, 6.45) is 13.0. The summed E-state index contributed by atoms with van der Waals surface area (Å²) < 4.78 is 4.62. The minimum Gasteiger partial charge on any atom is -0.466 e. The fourth-order valence-electron chi connectivity index (χ4n) is 4.09. The molecule has 0 N–H and O–H groups in total. The van der Waals surface area contributed by atoms with Crippen LogP contribution in [0.15, 0.2) is 89.1 Å². The van der Waals surface area contributed by atoms with Crippen LogP contribution in [0.25, 0.3) is 0 Å². The highest BCUT2D eigenvalue weighted by Gasteiger charge is 2.37. The highest BCUT2D eigenvalue weighted by atomic mass is 16.5. The van der Waals surface area contributed by atoms with E-state index < -0.39 is 0 Å². The number of hydrogen-bond donors (Lipinski definition) is 0. The van der Waals surface area contributed by atoms with Crippen LogP contribution in [0.3, 0.4) is 0 Å². The number of ether oxygens (including phenoxy) is 1. The van der Waals surface area contributed by atoms with Crippen LogP contribution in [0.5, 0.6) is 0 Å². The molecular formula is C28H34O3. The molecule has 164 valence electrons. The Bertz CT molecular complexity index is 953. The molecule has 1 aromatic rings. The van der Waals surface area contributed by atoms with Crippen molar-refractivity contribution in [2.24, 2.45) is 11.3 Å². The second-order valence-corrected chi connectivity index (χ2v) is 8.89. The maximum Gasteiger partial charge on any atom is 0.330 e. The molecule has 1 atom stereocenters. The molecule has 0 amide bonds. The van der Waals surface area contributed by atoms with E-state index in [4.69, 9.17) is 0 Å². The van der Waals surface area contributed by atoms with Gasteiger partial charge in [-0.1, -0.05) is 80.1 Å². The average molecular weight is 419 g/mol. The Morgan fingerprint density at radius 2 is 1.81 bits per heavy atom. The molecule has 0 bridgehead atoms. The summed E-state index contributed by atoms with van der Waals surface area (Å²) in [5, 5.41) is 0. The summed E-state index contributed by atoms with van der Waals surface area (Å²) in [6, 6.07) is 10.3. The number of methoxy groups -OCH3 is 1. The van der Waals surface area contributed by atoms with E-state index in [0.29, 0.717) is 0 Å². The Hall–Kier alpha value is -2.94. The third-order valence-corrected chi connectivity index (χ3v) is 5.73. The van der Waals surface area contributed by atoms with E-state index in [0.717, 1.165) is 35.1 Å². The van der Waals surface area contributed by atoms with Gasteiger partial charge in [0, 0.05) is 12.0 Å². The second-order valence-electron chi connectivity index (χ2n) is 8.89. The van der Waals surface area contributed by atoms with Gasteiger partial charge in [-0.3, -0.25) is 4.79 Å². The van der Waals surface area contributed by atoms with Crippen molar-refractivity contribution in [1.29, 1.82) is 0 Å². The second kappa shape index (κ2) is 10.9. The number of carbonyl (C=O) groups is 2. The van der Waals surface area contributed by atoms with Crippen molar-refractivity contribution in [2.45, 2.75) is 47.5 Å². The molecule has 0 saturated heterocycles. The first-order chi connectivity index (χ1) is 14.6. The molecule has 0 aromatic heterocycles. The van der Waals surface area contributed by atoms with E-state index in [1.165, 1.54) is 18.7 Å². The molecule has 0 spiro atoms. The van der Waals surface area contributed by atoms with Crippen molar-refractivity contribution >= 4 is 11.8 Å². The first-order valence-corrected chi connectivity index (χ1v) is 10.7. The molecule has 1 unspecified atom stereocenters. The van der Waals surface area contributed by atoms with Gasteiger partial charge in [0.2, 0.25) is 0 Å². The predicted molar refractivity (Wildman–Crippen MR) is 128 cm³/mol. The van der Waals surface area contributed by atoms with Crippen molar-refractivity contribution in [3.8, 4) is 0 Å². The zero-order chi connectivity index (χ0) is 23.0. The molecule has 0 fully saturated rings. The lowest BCUT2D eigenvalue weighted by molar-refractivity contribution is -0.134. The van der Waals surface area contributed by atoms with Crippen LogP contribution in [0.1, 0.15) is 46.6 Å². The lowest BCUT2D eigenvalue weighted by Crippen LogP contribution is -2.33. The largest absolute Gasteiger partial charge is 0.466 e. The van der Waals surface area contributed by atoms with Crippen LogP contribution in [0, 0.1) is 11.3 Å². The normalized spacial score (nSPS) is 20.1. The third kappa shape index (κ3) is 7.06. The number of esters is 1. The smallest absolute Gasteiger partial charge is 0.330 e. The molecule has 0 heterocycles. The number of carbonyl (C=O) groups excluding carboxylic acids is 2. The van der Waals surface area contributed by atoms with Crippen molar-refractivity contribution in [1.82, 2.24) is 0 Å². The van der Waals surface area contributed by atoms with Crippen molar-refractivity contribution in [3.63, 3.8) is 0 Å². The molecule has 0 saturated carbocycles. The standard InChI is InChI=1S/C28H34O3/c1-20(11-10-12-21(2)17-26(29)31-6)15-16-25-22(3)27(30)24(19-28(25,4)5)18-23-13-8-7-9-14-23/h7-17,24H,18-19H2,1-6H3/b12-10+,16-15+,20-11+,21-17+. The maximum absolute atomic E-state index is 13.1. The molecule has 3 nitrogen and oxygen atoms in total. The van der Waals surface area contributed by atoms with Crippen LogP contribution < -0.4 is 0 Å². The molecule has 1 aliphatic carbocycles. The first kappa shape index (κ1) is 24.3. The molecule has 1 aromatic carbocycles. The van der Waals surface area contributed by atoms with Gasteiger partial charge in [0.25, 0.3) is 0 Å². The van der Waals surface area contributed by atoms with E-state index >= 15 is 0 Å². The summed E-state index contributed by atoms with van der Waals surface area (Å²) in [4.78, 5) is 24.3. The SMILES string of the molecule is COC(=O)/C=C(C)/C=C/C=C(C)/C=C/C1=C(C)C(=O)C(Cc2ccccc2)CC1(C)C. The van der Waals surface area contributed by atoms with Crippen molar-refractivity contribution in [2.75, 3.05) is 7.11 Å². The van der Waals surface area contributed by atoms with Crippen LogP contribution in [-0.4, -0.2) is 18.9 Å². The fourth-order valence-corrected chi connectivity index (χ4v) is 4.09. The summed E-state index contributed by atoms with van der Waals surface area (Å²) in [5.41, 5.74) is 5.02. The zero-order valence-corrected chi connectivity index (χ0v) is 19.6. The summed E-state index contributed by atoms with van der Waals surface area (Å²) in [5.74, 6) is -0.0773. The predicted octanol–water partition coefficient (Wildman–Crippen LogP) is 6.34. The van der Waals surface area contributed by atoms with E-state index in [-0.39, 0.29) is 23.1 Å². The minimum atomic E-state index is -0.361. The van der Waals surface area contributed by atoms with Gasteiger partial charge >= 0.3 is 5.97 Å². The van der Waals surface area contributed by atoms with Crippen LogP contribution in [0.2, 0.25) is 0 Å². The van der Waals surface area contributed by atoms with Gasteiger partial charge in [-0.25, -0.2) is 4.79 Å². The van der Waals surface area contributed by atoms with Crippen LogP contribution in [0.4, 0.5) is 0 Å². The number of ketones is 1. The molecule has 0 aliphatic heterocycles. The first-order valence-electron chi connectivity index (χ1n) is 10.7. The monoisotopic (exact) mass is 418 g/mol. The number of hydrogen-bond acceptors (Lipinski definition) is 3. The molecule has 3 heteroatoms. The fraction of sp³-hybridized carbons (Fsp3) is 0.357. The zero-order valence-electron chi connectivity index (χ0n) is 19.6. The maximum atomic E-state index is 13.1. The van der Waals surface area contributed by atoms with Crippen molar-refractivity contribution < 1.29 is 14.3 Å². The van der Waals surface area contributed by atoms with E-state index in [9.17, 15) is 9.59 Å². The molecule has 1 aliphatic rings. The Morgan fingerprint density at radius 3 is 2.45 bits per heavy atom. The van der Waals surface area contributed by atoms with Gasteiger partial charge in [0.05, 0.1) is 7.11 Å². The topological polar surface area (TPSA) is 43.4 Å². The summed E-state index contributed by atoms with van der Waals surface area (Å²) >= 11 is 0. The lowest BCUT2D eigenvalue weighted by atomic mass is 9.66. The van der Waals surface area contributed by atoms with Crippen molar-refractivity contribution in [3.05, 3.63) is 94.6 Å². The highest BCUT2D eigenvalue weighted by Crippen LogP contribution is 2.43. The molecular weight excluding hydrogens is 384 g/mol. The van der Waals surface area contributed by atoms with E-state index in [2.05, 4.69) is 42.9 Å². The van der Waals surface area contributed by atoms with Gasteiger partial charge < -0.3 is 4.74 Å². The Labute approximate surface area is 186 Å². The Kier molecular flexibility index (Phi) is 8.56. The summed E-state index contributed by atoms with van der Waals surface area (Å²) in [7, 11) is 1.36. The molecule has 0 radical (unpaired) electrons. The number of Topliss-reactive ketones (excluding diaryl/α,β-unsaturated/α-hetero) is 1. The van der Waals surface area contributed by atoms with Crippen LogP contribution in [-0.2, 0) is 20.7 Å². The number of rotatable bonds is 7. The average Bonchev–Trinajstić information content (AvgIpc) is 2.72. The summed E-state index contributed by atoms with van der Waals surface area (Å²) in [6.45, 7) is 10.3. The quantitative estimate of drug-likeness (QED) is 0.295. The number of allylic oxidation sites excluding steroid dienone is 9. The molecule has 31 heavy (non-hydrogen) atoms. The van der Waals surface area contributed by atoms with E-state index in [1.807, 2.05) is 57.2 Å². The number of benzene rings is 1. The Balaban J connectivity index is 2.15. The van der Waals surface area contributed by atoms with Gasteiger partial charge in [-0.05, 0) is 61.3 Å². The minimum absolute atomic E-state index is 0.0266. The van der Waals surface area contributed by atoms with Gasteiger partial charge in [0.1, 0.15) is 0 Å². The Morgan fingerprint density at radius 1 is 1.13 bits per heavy atom. The highest BCUT2D eigenvalue weighted by molar-refractivity contribution is 5.99. The van der Waals surface area contributed by atoms with E-state index in [1.54, 1.807) is 0 Å². The van der Waals surface area contributed by atoms with Gasteiger partial charge in [-0.2, -0.15) is 0 Å².